The number of rotatable bonds is 8. The second-order valence-electron chi connectivity index (χ2n) is 7.27. The number of carbonyl (C=O) groups excluding carboxylic acids is 1. The number of hydrogen-bond donors (Lipinski definition) is 2. The minimum absolute atomic E-state index is 0.526. The third-order valence-corrected chi connectivity index (χ3v) is 5.38. The molecule has 0 aliphatic heterocycles. The van der Waals surface area contributed by atoms with Crippen LogP contribution in [-0.2, 0) is 17.6 Å². The number of aryl methyl sites for hydroxylation is 2. The molecule has 2 unspecified atom stereocenters. The Labute approximate surface area is 177 Å². The molecular formula is C26H28O4. The predicted molar refractivity (Wildman–Crippen MR) is 117 cm³/mol. The van der Waals surface area contributed by atoms with Crippen molar-refractivity contribution in [1.82, 2.24) is 0 Å². The van der Waals surface area contributed by atoms with Gasteiger partial charge in [-0.15, -0.1) is 0 Å². The Morgan fingerprint density at radius 2 is 1.17 bits per heavy atom. The van der Waals surface area contributed by atoms with Gasteiger partial charge in [0.15, 0.2) is 0 Å². The molecule has 0 radical (unpaired) electrons. The van der Waals surface area contributed by atoms with E-state index in [-0.39, 0.29) is 0 Å². The Balaban J connectivity index is 1.99. The first-order valence-electron chi connectivity index (χ1n) is 10.3. The lowest BCUT2D eigenvalue weighted by Crippen LogP contribution is -2.32. The molecule has 2 atom stereocenters. The Morgan fingerprint density at radius 3 is 1.57 bits per heavy atom. The quantitative estimate of drug-likeness (QED) is 0.418. The summed E-state index contributed by atoms with van der Waals surface area (Å²) in [4.78, 5) is 13.3. The molecule has 0 saturated carbocycles. The van der Waals surface area contributed by atoms with Crippen LogP contribution in [0.5, 0.6) is 5.75 Å². The van der Waals surface area contributed by atoms with Crippen molar-refractivity contribution in [1.29, 1.82) is 0 Å². The standard InChI is InChI=1S/C26H28O4/c1-3-18-16-11-17-19(4-2)25(18)30-26(29)22(23(27)20-12-7-5-8-13-20)24(28)21-14-9-6-10-15-21/h5-17,22-24,27-28H,3-4H2,1-2H3. The number of esters is 1. The van der Waals surface area contributed by atoms with E-state index in [2.05, 4.69) is 0 Å². The van der Waals surface area contributed by atoms with Crippen molar-refractivity contribution in [2.75, 3.05) is 0 Å². The normalized spacial score (nSPS) is 14.0. The van der Waals surface area contributed by atoms with Crippen molar-refractivity contribution in [3.05, 3.63) is 101 Å². The van der Waals surface area contributed by atoms with Crippen LogP contribution in [0.1, 0.15) is 48.3 Å². The third-order valence-electron chi connectivity index (χ3n) is 5.38. The zero-order valence-electron chi connectivity index (χ0n) is 17.4. The van der Waals surface area contributed by atoms with Crippen molar-refractivity contribution in [3.63, 3.8) is 0 Å². The summed E-state index contributed by atoms with van der Waals surface area (Å²) in [5.41, 5.74) is 2.94. The number of carbonyl (C=O) groups is 1. The summed E-state index contributed by atoms with van der Waals surface area (Å²) < 4.78 is 5.85. The SMILES string of the molecule is CCc1cccc(CC)c1OC(=O)C(C(O)c1ccccc1)C(O)c1ccccc1. The highest BCUT2D eigenvalue weighted by atomic mass is 16.5. The zero-order valence-corrected chi connectivity index (χ0v) is 17.4. The van der Waals surface area contributed by atoms with Gasteiger partial charge in [0.2, 0.25) is 0 Å². The average Bonchev–Trinajstić information content (AvgIpc) is 2.80. The molecule has 4 heteroatoms. The fourth-order valence-electron chi connectivity index (χ4n) is 3.64. The van der Waals surface area contributed by atoms with Crippen LogP contribution in [0.15, 0.2) is 78.9 Å². The molecule has 0 heterocycles. The lowest BCUT2D eigenvalue weighted by Gasteiger charge is -2.27. The van der Waals surface area contributed by atoms with Gasteiger partial charge in [0.25, 0.3) is 0 Å². The van der Waals surface area contributed by atoms with Crippen LogP contribution in [-0.4, -0.2) is 16.2 Å². The van der Waals surface area contributed by atoms with Crippen molar-refractivity contribution >= 4 is 5.97 Å². The van der Waals surface area contributed by atoms with Gasteiger partial charge in [0.05, 0.1) is 12.2 Å². The first-order valence-corrected chi connectivity index (χ1v) is 10.3. The van der Waals surface area contributed by atoms with E-state index in [0.29, 0.717) is 29.7 Å². The van der Waals surface area contributed by atoms with E-state index < -0.39 is 24.1 Å². The van der Waals surface area contributed by atoms with E-state index in [1.165, 1.54) is 0 Å². The molecule has 3 rings (SSSR count). The molecule has 0 aliphatic carbocycles. The fourth-order valence-corrected chi connectivity index (χ4v) is 3.64. The van der Waals surface area contributed by atoms with Gasteiger partial charge in [-0.3, -0.25) is 4.79 Å². The van der Waals surface area contributed by atoms with Crippen LogP contribution in [0.3, 0.4) is 0 Å². The maximum absolute atomic E-state index is 13.3. The summed E-state index contributed by atoms with van der Waals surface area (Å²) in [7, 11) is 0. The molecule has 2 N–H and O–H groups in total. The van der Waals surface area contributed by atoms with Gasteiger partial charge in [0, 0.05) is 0 Å². The molecule has 30 heavy (non-hydrogen) atoms. The number of hydrogen-bond acceptors (Lipinski definition) is 4. The summed E-state index contributed by atoms with van der Waals surface area (Å²) >= 11 is 0. The second-order valence-corrected chi connectivity index (χ2v) is 7.27. The average molecular weight is 405 g/mol. The van der Waals surface area contributed by atoms with Gasteiger partial charge >= 0.3 is 5.97 Å². The summed E-state index contributed by atoms with van der Waals surface area (Å²) in [5.74, 6) is -1.30. The Morgan fingerprint density at radius 1 is 0.733 bits per heavy atom. The summed E-state index contributed by atoms with van der Waals surface area (Å²) in [6.07, 6.45) is -1.01. The summed E-state index contributed by atoms with van der Waals surface area (Å²) in [5, 5.41) is 22.1. The van der Waals surface area contributed by atoms with Crippen molar-refractivity contribution in [3.8, 4) is 5.75 Å². The minimum atomic E-state index is -1.22. The highest BCUT2D eigenvalue weighted by Gasteiger charge is 2.37. The molecule has 3 aromatic rings. The topological polar surface area (TPSA) is 66.8 Å². The number of benzene rings is 3. The monoisotopic (exact) mass is 404 g/mol. The number of ether oxygens (including phenoxy) is 1. The van der Waals surface area contributed by atoms with Crippen LogP contribution < -0.4 is 4.74 Å². The highest BCUT2D eigenvalue weighted by molar-refractivity contribution is 5.78. The predicted octanol–water partition coefficient (Wildman–Crippen LogP) is 4.80. The van der Waals surface area contributed by atoms with Crippen LogP contribution >= 0.6 is 0 Å². The Kier molecular flexibility index (Phi) is 7.39. The molecular weight excluding hydrogens is 376 g/mol. The molecule has 4 nitrogen and oxygen atoms in total. The highest BCUT2D eigenvalue weighted by Crippen LogP contribution is 2.35. The molecule has 0 fully saturated rings. The first kappa shape index (κ1) is 21.8. The van der Waals surface area contributed by atoms with Gasteiger partial charge in [-0.05, 0) is 35.1 Å². The van der Waals surface area contributed by atoms with Crippen LogP contribution in [0.25, 0.3) is 0 Å². The van der Waals surface area contributed by atoms with Gasteiger partial charge in [-0.1, -0.05) is 92.7 Å². The second kappa shape index (κ2) is 10.2. The van der Waals surface area contributed by atoms with Gasteiger partial charge < -0.3 is 14.9 Å². The third kappa shape index (κ3) is 4.78. The van der Waals surface area contributed by atoms with E-state index >= 15 is 0 Å². The smallest absolute Gasteiger partial charge is 0.320 e. The minimum Gasteiger partial charge on any atom is -0.426 e. The van der Waals surface area contributed by atoms with E-state index in [0.717, 1.165) is 11.1 Å². The fraction of sp³-hybridized carbons (Fsp3) is 0.269. The molecule has 3 aromatic carbocycles. The zero-order chi connectivity index (χ0) is 21.5. The Hall–Kier alpha value is -2.95. The van der Waals surface area contributed by atoms with E-state index in [4.69, 9.17) is 4.74 Å². The van der Waals surface area contributed by atoms with Crippen LogP contribution in [0.2, 0.25) is 0 Å². The van der Waals surface area contributed by atoms with Crippen molar-refractivity contribution in [2.45, 2.75) is 38.9 Å². The molecule has 0 saturated heterocycles. The molecule has 0 bridgehead atoms. The lowest BCUT2D eigenvalue weighted by atomic mass is 9.87. The Bertz CT molecular complexity index is 886. The first-order chi connectivity index (χ1) is 14.6. The molecule has 0 aromatic heterocycles. The molecule has 0 amide bonds. The summed E-state index contributed by atoms with van der Waals surface area (Å²) in [6, 6.07) is 23.6. The molecule has 0 spiro atoms. The molecule has 156 valence electrons. The van der Waals surface area contributed by atoms with Crippen molar-refractivity contribution in [2.24, 2.45) is 5.92 Å². The number of para-hydroxylation sites is 1. The van der Waals surface area contributed by atoms with E-state index in [1.54, 1.807) is 48.5 Å². The van der Waals surface area contributed by atoms with Crippen LogP contribution in [0, 0.1) is 5.92 Å². The van der Waals surface area contributed by atoms with Crippen LogP contribution in [0.4, 0.5) is 0 Å². The molecule has 0 aliphatic rings. The number of aliphatic hydroxyl groups excluding tert-OH is 2. The van der Waals surface area contributed by atoms with Crippen molar-refractivity contribution < 1.29 is 19.7 Å². The number of aliphatic hydroxyl groups is 2. The largest absolute Gasteiger partial charge is 0.426 e. The maximum Gasteiger partial charge on any atom is 0.320 e. The summed E-state index contributed by atoms with van der Waals surface area (Å²) in [6.45, 7) is 4.00. The van der Waals surface area contributed by atoms with Gasteiger partial charge in [-0.2, -0.15) is 0 Å². The van der Waals surface area contributed by atoms with E-state index in [1.807, 2.05) is 44.2 Å². The lowest BCUT2D eigenvalue weighted by molar-refractivity contribution is -0.149. The van der Waals surface area contributed by atoms with E-state index in [9.17, 15) is 15.0 Å². The van der Waals surface area contributed by atoms with Gasteiger partial charge in [-0.25, -0.2) is 0 Å². The maximum atomic E-state index is 13.3. The van der Waals surface area contributed by atoms with Gasteiger partial charge in [0.1, 0.15) is 11.7 Å².